The van der Waals surface area contributed by atoms with Crippen molar-refractivity contribution in [2.24, 2.45) is 5.73 Å². The molecule has 0 spiro atoms. The summed E-state index contributed by atoms with van der Waals surface area (Å²) < 4.78 is 14.2. The highest BCUT2D eigenvalue weighted by Gasteiger charge is 2.16. The molecule has 6 nitrogen and oxygen atoms in total. The molecule has 0 saturated heterocycles. The van der Waals surface area contributed by atoms with E-state index in [1.807, 2.05) is 12.1 Å². The molecule has 0 radical (unpaired) electrons. The van der Waals surface area contributed by atoms with Crippen molar-refractivity contribution >= 4 is 11.7 Å². The zero-order chi connectivity index (χ0) is 15.2. The maximum atomic E-state index is 14.2. The molecule has 0 aromatic carbocycles. The average Bonchev–Trinajstić information content (AvgIpc) is 2.47. The van der Waals surface area contributed by atoms with Crippen molar-refractivity contribution in [3.05, 3.63) is 47.9 Å². The van der Waals surface area contributed by atoms with Crippen LogP contribution in [0, 0.1) is 18.2 Å². The van der Waals surface area contributed by atoms with Gasteiger partial charge in [0.1, 0.15) is 6.33 Å². The molecule has 0 amide bonds. The summed E-state index contributed by atoms with van der Waals surface area (Å²) in [6.45, 7) is 2.43. The van der Waals surface area contributed by atoms with E-state index in [0.717, 1.165) is 5.56 Å². The molecule has 0 bridgehead atoms. The first-order valence-electron chi connectivity index (χ1n) is 6.51. The predicted molar refractivity (Wildman–Crippen MR) is 78.5 cm³/mol. The predicted octanol–water partition coefficient (Wildman–Crippen LogP) is 1.65. The minimum atomic E-state index is -0.454. The molecule has 3 N–H and O–H groups in total. The number of nitrogens with zero attached hydrogens (tertiary/aromatic N) is 4. The first-order chi connectivity index (χ1) is 10.1. The monoisotopic (exact) mass is 288 g/mol. The highest BCUT2D eigenvalue weighted by molar-refractivity contribution is 5.77. The van der Waals surface area contributed by atoms with E-state index >= 15 is 0 Å². The lowest BCUT2D eigenvalue weighted by molar-refractivity contribution is 0.589. The highest BCUT2D eigenvalue weighted by atomic mass is 19.1. The molecule has 110 valence electrons. The summed E-state index contributed by atoms with van der Waals surface area (Å²) in [4.78, 5) is 13.6. The van der Waals surface area contributed by atoms with Crippen LogP contribution in [0.2, 0.25) is 0 Å². The molecule has 7 heteroatoms. The van der Waals surface area contributed by atoms with E-state index in [1.165, 1.54) is 6.33 Å². The largest absolute Gasteiger partial charge is 0.388 e. The Morgan fingerprint density at radius 3 is 2.90 bits per heavy atom. The lowest BCUT2D eigenvalue weighted by Gasteiger charge is -2.24. The Labute approximate surface area is 122 Å². The number of nitrogens with one attached hydrogen (secondary N) is 1. The number of nitrogens with two attached hydrogens (primary N) is 1. The van der Waals surface area contributed by atoms with Gasteiger partial charge in [0.15, 0.2) is 11.6 Å². The summed E-state index contributed by atoms with van der Waals surface area (Å²) in [7, 11) is 0. The van der Waals surface area contributed by atoms with Crippen molar-refractivity contribution in [1.29, 1.82) is 5.41 Å². The standard InChI is InChI=1S/C14H17FN6/c1-10-13(15)14(20-9-19-10)21(6-4-12(16)17)8-11-3-2-5-18-7-11/h2-3,5,7,9H,4,6,8H2,1H3,(H3,16,17). The molecule has 21 heavy (non-hydrogen) atoms. The van der Waals surface area contributed by atoms with Crippen molar-refractivity contribution in [3.63, 3.8) is 0 Å². The third kappa shape index (κ3) is 3.95. The Kier molecular flexibility index (Phi) is 4.76. The van der Waals surface area contributed by atoms with E-state index in [-0.39, 0.29) is 11.7 Å². The number of rotatable bonds is 6. The first-order valence-corrected chi connectivity index (χ1v) is 6.51. The first kappa shape index (κ1) is 14.8. The van der Waals surface area contributed by atoms with Crippen LogP contribution in [0.4, 0.5) is 10.2 Å². The fourth-order valence-corrected chi connectivity index (χ4v) is 1.89. The Morgan fingerprint density at radius 2 is 2.24 bits per heavy atom. The molecule has 0 unspecified atom stereocenters. The van der Waals surface area contributed by atoms with Crippen LogP contribution in [0.15, 0.2) is 30.9 Å². The van der Waals surface area contributed by atoms with Crippen molar-refractivity contribution in [1.82, 2.24) is 15.0 Å². The maximum absolute atomic E-state index is 14.2. The zero-order valence-electron chi connectivity index (χ0n) is 11.8. The molecule has 0 aliphatic carbocycles. The highest BCUT2D eigenvalue weighted by Crippen LogP contribution is 2.19. The van der Waals surface area contributed by atoms with Crippen LogP contribution >= 0.6 is 0 Å². The van der Waals surface area contributed by atoms with Gasteiger partial charge in [-0.05, 0) is 18.6 Å². The zero-order valence-corrected chi connectivity index (χ0v) is 11.8. The number of anilines is 1. The summed E-state index contributed by atoms with van der Waals surface area (Å²) >= 11 is 0. The van der Waals surface area contributed by atoms with Crippen LogP contribution in [0.1, 0.15) is 17.7 Å². The molecular formula is C14H17FN6. The number of pyridine rings is 1. The Hall–Kier alpha value is -2.57. The van der Waals surface area contributed by atoms with Crippen LogP contribution in [0.3, 0.4) is 0 Å². The van der Waals surface area contributed by atoms with Gasteiger partial charge in [0, 0.05) is 31.9 Å². The van der Waals surface area contributed by atoms with Gasteiger partial charge < -0.3 is 10.6 Å². The van der Waals surface area contributed by atoms with Crippen LogP contribution in [-0.2, 0) is 6.54 Å². The van der Waals surface area contributed by atoms with Gasteiger partial charge in [0.05, 0.1) is 11.5 Å². The van der Waals surface area contributed by atoms with Gasteiger partial charge in [-0.15, -0.1) is 0 Å². The lowest BCUT2D eigenvalue weighted by atomic mass is 10.2. The van der Waals surface area contributed by atoms with Crippen LogP contribution in [0.5, 0.6) is 0 Å². The smallest absolute Gasteiger partial charge is 0.186 e. The SMILES string of the molecule is Cc1ncnc(N(CCC(=N)N)Cc2cccnc2)c1F. The van der Waals surface area contributed by atoms with Crippen molar-refractivity contribution < 1.29 is 4.39 Å². The van der Waals surface area contributed by atoms with E-state index in [2.05, 4.69) is 15.0 Å². The van der Waals surface area contributed by atoms with Gasteiger partial charge in [-0.25, -0.2) is 14.4 Å². The molecule has 0 aliphatic heterocycles. The topological polar surface area (TPSA) is 91.8 Å². The Morgan fingerprint density at radius 1 is 1.43 bits per heavy atom. The number of hydrogen-bond acceptors (Lipinski definition) is 5. The van der Waals surface area contributed by atoms with Gasteiger partial charge in [-0.1, -0.05) is 6.07 Å². The third-order valence-electron chi connectivity index (χ3n) is 2.99. The Bertz CT molecular complexity index is 616. The second-order valence-electron chi connectivity index (χ2n) is 4.65. The second kappa shape index (κ2) is 6.74. The Balaban J connectivity index is 2.27. The van der Waals surface area contributed by atoms with E-state index in [0.29, 0.717) is 25.2 Å². The molecule has 2 aromatic rings. The molecule has 0 fully saturated rings. The van der Waals surface area contributed by atoms with Crippen LogP contribution in [0.25, 0.3) is 0 Å². The summed E-state index contributed by atoms with van der Waals surface area (Å²) in [5.41, 5.74) is 6.62. The molecule has 2 rings (SSSR count). The maximum Gasteiger partial charge on any atom is 0.186 e. The van der Waals surface area contributed by atoms with E-state index < -0.39 is 5.82 Å². The number of aryl methyl sites for hydroxylation is 1. The molecule has 0 atom stereocenters. The molecule has 0 aliphatic rings. The number of halogens is 1. The fraction of sp³-hybridized carbons (Fsp3) is 0.286. The molecular weight excluding hydrogens is 271 g/mol. The number of aromatic nitrogens is 3. The average molecular weight is 288 g/mol. The summed E-state index contributed by atoms with van der Waals surface area (Å²) in [6, 6.07) is 3.72. The summed E-state index contributed by atoms with van der Waals surface area (Å²) in [5.74, 6) is -0.185. The molecule has 2 heterocycles. The third-order valence-corrected chi connectivity index (χ3v) is 2.99. The summed E-state index contributed by atoms with van der Waals surface area (Å²) in [6.07, 6.45) is 5.06. The normalized spacial score (nSPS) is 10.4. The van der Waals surface area contributed by atoms with E-state index in [9.17, 15) is 4.39 Å². The molecule has 2 aromatic heterocycles. The second-order valence-corrected chi connectivity index (χ2v) is 4.65. The van der Waals surface area contributed by atoms with E-state index in [1.54, 1.807) is 24.2 Å². The minimum absolute atomic E-state index is 0.0531. The summed E-state index contributed by atoms with van der Waals surface area (Å²) in [5, 5.41) is 7.34. The van der Waals surface area contributed by atoms with Crippen LogP contribution < -0.4 is 10.6 Å². The van der Waals surface area contributed by atoms with Gasteiger partial charge in [-0.2, -0.15) is 0 Å². The quantitative estimate of drug-likeness (QED) is 0.623. The number of hydrogen-bond donors (Lipinski definition) is 2. The van der Waals surface area contributed by atoms with Crippen LogP contribution in [-0.4, -0.2) is 27.3 Å². The molecule has 0 saturated carbocycles. The fourth-order valence-electron chi connectivity index (χ4n) is 1.89. The van der Waals surface area contributed by atoms with Gasteiger partial charge >= 0.3 is 0 Å². The van der Waals surface area contributed by atoms with Gasteiger partial charge in [0.2, 0.25) is 0 Å². The van der Waals surface area contributed by atoms with Gasteiger partial charge in [0.25, 0.3) is 0 Å². The number of amidine groups is 1. The van der Waals surface area contributed by atoms with Crippen molar-refractivity contribution in [2.45, 2.75) is 19.9 Å². The van der Waals surface area contributed by atoms with E-state index in [4.69, 9.17) is 11.1 Å². The van der Waals surface area contributed by atoms with Crippen molar-refractivity contribution in [3.8, 4) is 0 Å². The van der Waals surface area contributed by atoms with Crippen molar-refractivity contribution in [2.75, 3.05) is 11.4 Å². The van der Waals surface area contributed by atoms with Gasteiger partial charge in [-0.3, -0.25) is 10.4 Å². The minimum Gasteiger partial charge on any atom is -0.388 e. The lowest BCUT2D eigenvalue weighted by Crippen LogP contribution is -2.29.